The van der Waals surface area contributed by atoms with E-state index in [1.165, 1.54) is 7.11 Å². The number of nitrogens with one attached hydrogen (secondary N) is 1. The highest BCUT2D eigenvalue weighted by molar-refractivity contribution is 5.96. The third-order valence-corrected chi connectivity index (χ3v) is 4.59. The van der Waals surface area contributed by atoms with Gasteiger partial charge in [-0.25, -0.2) is 9.78 Å². The lowest BCUT2D eigenvalue weighted by atomic mass is 9.97. The quantitative estimate of drug-likeness (QED) is 0.774. The molecule has 142 valence electrons. The van der Waals surface area contributed by atoms with Gasteiger partial charge in [0.2, 0.25) is 5.95 Å². The van der Waals surface area contributed by atoms with E-state index in [-0.39, 0.29) is 5.92 Å². The Morgan fingerprint density at radius 1 is 1.22 bits per heavy atom. The van der Waals surface area contributed by atoms with Crippen LogP contribution in [0.4, 0.5) is 17.5 Å². The summed E-state index contributed by atoms with van der Waals surface area (Å²) in [7, 11) is 1.33. The summed E-state index contributed by atoms with van der Waals surface area (Å²) in [5, 5.41) is 12.2. The van der Waals surface area contributed by atoms with Crippen molar-refractivity contribution in [2.45, 2.75) is 19.8 Å². The van der Waals surface area contributed by atoms with Crippen molar-refractivity contribution < 1.29 is 19.4 Å². The first-order valence-electron chi connectivity index (χ1n) is 8.75. The molecule has 2 aromatic rings. The zero-order valence-electron chi connectivity index (χ0n) is 15.3. The number of aryl methyl sites for hydroxylation is 1. The molecule has 2 heterocycles. The average Bonchev–Trinajstić information content (AvgIpc) is 2.67. The summed E-state index contributed by atoms with van der Waals surface area (Å²) in [5.41, 5.74) is 1.73. The van der Waals surface area contributed by atoms with Gasteiger partial charge < -0.3 is 20.1 Å². The number of aromatic nitrogens is 2. The predicted octanol–water partition coefficient (Wildman–Crippen LogP) is 2.62. The number of methoxy groups -OCH3 is 1. The number of benzene rings is 1. The number of carboxylic acids is 1. The molecule has 0 saturated carbocycles. The first-order valence-corrected chi connectivity index (χ1v) is 8.75. The van der Waals surface area contributed by atoms with Crippen molar-refractivity contribution in [3.8, 4) is 0 Å². The molecule has 0 radical (unpaired) electrons. The van der Waals surface area contributed by atoms with Crippen molar-refractivity contribution in [1.82, 2.24) is 9.97 Å². The van der Waals surface area contributed by atoms with Gasteiger partial charge in [0.15, 0.2) is 0 Å². The minimum absolute atomic E-state index is 0.297. The van der Waals surface area contributed by atoms with Crippen molar-refractivity contribution >= 4 is 29.4 Å². The number of hydrogen-bond acceptors (Lipinski definition) is 7. The summed E-state index contributed by atoms with van der Waals surface area (Å²) in [6, 6.07) is 8.87. The van der Waals surface area contributed by atoms with Gasteiger partial charge in [-0.1, -0.05) is 12.1 Å². The average molecular weight is 370 g/mol. The Morgan fingerprint density at radius 2 is 1.93 bits per heavy atom. The first kappa shape index (κ1) is 18.6. The normalized spacial score (nSPS) is 14.7. The number of anilines is 3. The van der Waals surface area contributed by atoms with Crippen molar-refractivity contribution in [3.05, 3.63) is 41.6 Å². The first-order chi connectivity index (χ1) is 13.0. The fraction of sp³-hybridized carbons (Fsp3) is 0.368. The fourth-order valence-corrected chi connectivity index (χ4v) is 3.13. The van der Waals surface area contributed by atoms with Gasteiger partial charge in [-0.2, -0.15) is 4.98 Å². The Balaban J connectivity index is 1.81. The van der Waals surface area contributed by atoms with Crippen LogP contribution in [0.5, 0.6) is 0 Å². The molecule has 0 atom stereocenters. The minimum Gasteiger partial charge on any atom is -0.481 e. The molecule has 8 heteroatoms. The molecular weight excluding hydrogens is 348 g/mol. The van der Waals surface area contributed by atoms with Gasteiger partial charge in [-0.15, -0.1) is 0 Å². The van der Waals surface area contributed by atoms with Crippen LogP contribution in [-0.4, -0.2) is 47.2 Å². The molecule has 0 bridgehead atoms. The molecule has 1 aromatic heterocycles. The van der Waals surface area contributed by atoms with Crippen LogP contribution in [0.15, 0.2) is 30.3 Å². The van der Waals surface area contributed by atoms with Crippen LogP contribution < -0.4 is 10.2 Å². The van der Waals surface area contributed by atoms with Crippen LogP contribution in [-0.2, 0) is 9.53 Å². The lowest BCUT2D eigenvalue weighted by Crippen LogP contribution is -2.36. The number of nitrogens with zero attached hydrogens (tertiary/aromatic N) is 3. The third-order valence-electron chi connectivity index (χ3n) is 4.59. The fourth-order valence-electron chi connectivity index (χ4n) is 3.13. The number of carbonyl (C=O) groups is 2. The van der Waals surface area contributed by atoms with Gasteiger partial charge in [-0.3, -0.25) is 4.79 Å². The smallest absolute Gasteiger partial charge is 0.339 e. The Morgan fingerprint density at radius 3 is 2.59 bits per heavy atom. The summed E-state index contributed by atoms with van der Waals surface area (Å²) < 4.78 is 4.81. The van der Waals surface area contributed by atoms with E-state index < -0.39 is 11.9 Å². The van der Waals surface area contributed by atoms with Crippen molar-refractivity contribution in [1.29, 1.82) is 0 Å². The maximum atomic E-state index is 11.9. The van der Waals surface area contributed by atoms with Crippen LogP contribution in [0.2, 0.25) is 0 Å². The third kappa shape index (κ3) is 4.33. The molecule has 3 rings (SSSR count). The second-order valence-electron chi connectivity index (χ2n) is 6.45. The number of carboxylic acid groups (broad SMARTS) is 1. The highest BCUT2D eigenvalue weighted by atomic mass is 16.5. The molecule has 27 heavy (non-hydrogen) atoms. The van der Waals surface area contributed by atoms with E-state index in [1.54, 1.807) is 18.2 Å². The lowest BCUT2D eigenvalue weighted by Gasteiger charge is -2.31. The van der Waals surface area contributed by atoms with Crippen LogP contribution in [0, 0.1) is 12.8 Å². The Labute approximate surface area is 157 Å². The number of ether oxygens (including phenoxy) is 1. The summed E-state index contributed by atoms with van der Waals surface area (Å²) >= 11 is 0. The zero-order chi connectivity index (χ0) is 19.4. The molecule has 1 fully saturated rings. The van der Waals surface area contributed by atoms with Crippen LogP contribution in [0.1, 0.15) is 28.9 Å². The SMILES string of the molecule is COC(=O)c1ccccc1Nc1nc(C)cc(N2CCC(C(=O)O)CC2)n1. The zero-order valence-corrected chi connectivity index (χ0v) is 15.3. The molecule has 1 aliphatic rings. The number of para-hydroxylation sites is 1. The lowest BCUT2D eigenvalue weighted by molar-refractivity contribution is -0.142. The van der Waals surface area contributed by atoms with Gasteiger partial charge in [-0.05, 0) is 31.9 Å². The van der Waals surface area contributed by atoms with E-state index in [2.05, 4.69) is 20.2 Å². The van der Waals surface area contributed by atoms with Crippen LogP contribution in [0.3, 0.4) is 0 Å². The number of hydrogen-bond donors (Lipinski definition) is 2. The summed E-state index contributed by atoms with van der Waals surface area (Å²) in [6.07, 6.45) is 1.18. The van der Waals surface area contributed by atoms with Gasteiger partial charge in [0, 0.05) is 24.8 Å². The van der Waals surface area contributed by atoms with E-state index in [0.717, 1.165) is 11.5 Å². The number of aliphatic carboxylic acids is 1. The Bertz CT molecular complexity index is 847. The Hall–Kier alpha value is -3.16. The number of piperidine rings is 1. The molecule has 1 saturated heterocycles. The molecule has 8 nitrogen and oxygen atoms in total. The van der Waals surface area contributed by atoms with E-state index in [1.807, 2.05) is 19.1 Å². The predicted molar refractivity (Wildman–Crippen MR) is 100 cm³/mol. The largest absolute Gasteiger partial charge is 0.481 e. The number of rotatable bonds is 5. The molecule has 0 amide bonds. The second-order valence-corrected chi connectivity index (χ2v) is 6.45. The van der Waals surface area contributed by atoms with Crippen LogP contribution in [0.25, 0.3) is 0 Å². The monoisotopic (exact) mass is 370 g/mol. The van der Waals surface area contributed by atoms with Crippen LogP contribution >= 0.6 is 0 Å². The standard InChI is InChI=1S/C19H22N4O4/c1-12-11-16(23-9-7-13(8-10-23)17(24)25)22-19(20-12)21-15-6-4-3-5-14(15)18(26)27-2/h3-6,11,13H,7-10H2,1-2H3,(H,24,25)(H,20,21,22). The Kier molecular flexibility index (Phi) is 5.54. The van der Waals surface area contributed by atoms with Gasteiger partial charge in [0.25, 0.3) is 0 Å². The minimum atomic E-state index is -0.740. The molecule has 0 aliphatic carbocycles. The summed E-state index contributed by atoms with van der Waals surface area (Å²) in [5.74, 6) is -0.364. The number of carbonyl (C=O) groups excluding carboxylic acids is 1. The molecule has 1 aliphatic heterocycles. The molecular formula is C19H22N4O4. The molecule has 2 N–H and O–H groups in total. The molecule has 1 aromatic carbocycles. The van der Waals surface area contributed by atoms with Gasteiger partial charge in [0.1, 0.15) is 5.82 Å². The molecule has 0 spiro atoms. The summed E-state index contributed by atoms with van der Waals surface area (Å²) in [4.78, 5) is 34.1. The summed E-state index contributed by atoms with van der Waals surface area (Å²) in [6.45, 7) is 3.13. The maximum Gasteiger partial charge on any atom is 0.339 e. The maximum absolute atomic E-state index is 11.9. The second kappa shape index (κ2) is 8.03. The number of esters is 1. The van der Waals surface area contributed by atoms with E-state index in [4.69, 9.17) is 9.84 Å². The van der Waals surface area contributed by atoms with E-state index in [0.29, 0.717) is 43.1 Å². The van der Waals surface area contributed by atoms with Crippen molar-refractivity contribution in [3.63, 3.8) is 0 Å². The van der Waals surface area contributed by atoms with E-state index >= 15 is 0 Å². The molecule has 0 unspecified atom stereocenters. The van der Waals surface area contributed by atoms with Crippen molar-refractivity contribution in [2.75, 3.05) is 30.4 Å². The van der Waals surface area contributed by atoms with Gasteiger partial charge in [0.05, 0.1) is 24.3 Å². The topological polar surface area (TPSA) is 105 Å². The van der Waals surface area contributed by atoms with Crippen molar-refractivity contribution in [2.24, 2.45) is 5.92 Å². The highest BCUT2D eigenvalue weighted by Crippen LogP contribution is 2.25. The highest BCUT2D eigenvalue weighted by Gasteiger charge is 2.25. The van der Waals surface area contributed by atoms with E-state index in [9.17, 15) is 9.59 Å². The van der Waals surface area contributed by atoms with Gasteiger partial charge >= 0.3 is 11.9 Å².